The van der Waals surface area contributed by atoms with Crippen LogP contribution >= 0.6 is 0 Å². The van der Waals surface area contributed by atoms with Crippen molar-refractivity contribution in [3.8, 4) is 5.75 Å². The van der Waals surface area contributed by atoms with Crippen LogP contribution in [-0.4, -0.2) is 17.7 Å². The predicted octanol–water partition coefficient (Wildman–Crippen LogP) is 4.67. The van der Waals surface area contributed by atoms with Crippen LogP contribution < -0.4 is 21.1 Å². The standard InChI is InChI=1S/C29H33N3O4/c1-2-3-5-10-27(34)32-28(29(35)31-24-15-11-21(12-16-24)19-26(30)33)23-13-17-25(18-14-23)36-20-22-8-6-4-7-9-22/h4,6-9,11-18,28H,2-3,5,10,19-20H2,1H3,(H2,30,33)(H,31,35)(H,32,34)/t28-/m0/s1. The summed E-state index contributed by atoms with van der Waals surface area (Å²) in [7, 11) is 0. The zero-order chi connectivity index (χ0) is 25.8. The molecule has 3 aromatic rings. The Morgan fingerprint density at radius 2 is 1.56 bits per heavy atom. The van der Waals surface area contributed by atoms with Gasteiger partial charge in [0.25, 0.3) is 5.91 Å². The van der Waals surface area contributed by atoms with Crippen molar-refractivity contribution in [2.45, 2.75) is 51.7 Å². The molecule has 0 spiro atoms. The highest BCUT2D eigenvalue weighted by atomic mass is 16.5. The third kappa shape index (κ3) is 8.58. The number of carbonyl (C=O) groups is 3. The molecule has 188 valence electrons. The summed E-state index contributed by atoms with van der Waals surface area (Å²) in [6.45, 7) is 2.51. The monoisotopic (exact) mass is 487 g/mol. The quantitative estimate of drug-likeness (QED) is 0.304. The maximum Gasteiger partial charge on any atom is 0.251 e. The van der Waals surface area contributed by atoms with Gasteiger partial charge in [-0.15, -0.1) is 0 Å². The third-order valence-electron chi connectivity index (χ3n) is 5.64. The van der Waals surface area contributed by atoms with Gasteiger partial charge < -0.3 is 21.1 Å². The number of nitrogens with two attached hydrogens (primary N) is 1. The first-order valence-corrected chi connectivity index (χ1v) is 12.2. The smallest absolute Gasteiger partial charge is 0.251 e. The van der Waals surface area contributed by atoms with Gasteiger partial charge in [-0.3, -0.25) is 14.4 Å². The highest BCUT2D eigenvalue weighted by molar-refractivity contribution is 5.98. The molecule has 36 heavy (non-hydrogen) atoms. The summed E-state index contributed by atoms with van der Waals surface area (Å²) in [6, 6.07) is 23.0. The number of hydrogen-bond acceptors (Lipinski definition) is 4. The summed E-state index contributed by atoms with van der Waals surface area (Å²) < 4.78 is 5.85. The molecule has 0 aliphatic heterocycles. The summed E-state index contributed by atoms with van der Waals surface area (Å²) in [5, 5.41) is 5.73. The van der Waals surface area contributed by atoms with E-state index < -0.39 is 11.9 Å². The number of ether oxygens (including phenoxy) is 1. The molecule has 0 aliphatic rings. The van der Waals surface area contributed by atoms with E-state index in [2.05, 4.69) is 17.6 Å². The molecule has 4 N–H and O–H groups in total. The molecule has 0 aromatic heterocycles. The number of benzene rings is 3. The number of hydrogen-bond donors (Lipinski definition) is 3. The maximum absolute atomic E-state index is 13.2. The van der Waals surface area contributed by atoms with Gasteiger partial charge in [0.1, 0.15) is 18.4 Å². The summed E-state index contributed by atoms with van der Waals surface area (Å²) in [4.78, 5) is 36.9. The normalized spacial score (nSPS) is 11.4. The highest BCUT2D eigenvalue weighted by Gasteiger charge is 2.23. The van der Waals surface area contributed by atoms with E-state index in [-0.39, 0.29) is 18.2 Å². The van der Waals surface area contributed by atoms with Crippen LogP contribution in [0.5, 0.6) is 5.75 Å². The van der Waals surface area contributed by atoms with Crippen LogP contribution in [0.2, 0.25) is 0 Å². The summed E-state index contributed by atoms with van der Waals surface area (Å²) in [5.74, 6) is -0.292. The Balaban J connectivity index is 1.70. The minimum absolute atomic E-state index is 0.128. The first-order chi connectivity index (χ1) is 17.4. The molecule has 1 atom stereocenters. The lowest BCUT2D eigenvalue weighted by molar-refractivity contribution is -0.126. The van der Waals surface area contributed by atoms with Gasteiger partial charge in [0.05, 0.1) is 6.42 Å². The van der Waals surface area contributed by atoms with E-state index in [1.54, 1.807) is 48.5 Å². The molecule has 0 radical (unpaired) electrons. The fraction of sp³-hybridized carbons (Fsp3) is 0.276. The minimum Gasteiger partial charge on any atom is -0.489 e. The van der Waals surface area contributed by atoms with Crippen LogP contribution in [0.3, 0.4) is 0 Å². The van der Waals surface area contributed by atoms with E-state index in [9.17, 15) is 14.4 Å². The van der Waals surface area contributed by atoms with E-state index >= 15 is 0 Å². The van der Waals surface area contributed by atoms with Crippen molar-refractivity contribution in [2.24, 2.45) is 5.73 Å². The van der Waals surface area contributed by atoms with Crippen molar-refractivity contribution < 1.29 is 19.1 Å². The van der Waals surface area contributed by atoms with Crippen LogP contribution in [0, 0.1) is 0 Å². The second kappa shape index (κ2) is 13.7. The fourth-order valence-electron chi connectivity index (χ4n) is 3.69. The number of nitrogens with one attached hydrogen (secondary N) is 2. The summed E-state index contributed by atoms with van der Waals surface area (Å²) in [6.07, 6.45) is 3.22. The maximum atomic E-state index is 13.2. The molecular formula is C29H33N3O4. The Kier molecular flexibility index (Phi) is 10.1. The van der Waals surface area contributed by atoms with Gasteiger partial charge >= 0.3 is 0 Å². The number of carbonyl (C=O) groups excluding carboxylic acids is 3. The topological polar surface area (TPSA) is 111 Å². The average Bonchev–Trinajstić information content (AvgIpc) is 2.88. The Morgan fingerprint density at radius 1 is 0.861 bits per heavy atom. The third-order valence-corrected chi connectivity index (χ3v) is 5.64. The molecule has 3 aromatic carbocycles. The second-order valence-electron chi connectivity index (χ2n) is 8.63. The van der Waals surface area contributed by atoms with Crippen LogP contribution in [0.15, 0.2) is 78.9 Å². The van der Waals surface area contributed by atoms with Gasteiger partial charge in [0, 0.05) is 12.1 Å². The molecule has 7 nitrogen and oxygen atoms in total. The molecule has 0 heterocycles. The van der Waals surface area contributed by atoms with Crippen molar-refractivity contribution in [3.05, 3.63) is 95.6 Å². The van der Waals surface area contributed by atoms with E-state index in [0.717, 1.165) is 30.4 Å². The highest BCUT2D eigenvalue weighted by Crippen LogP contribution is 2.21. The van der Waals surface area contributed by atoms with E-state index in [1.165, 1.54) is 0 Å². The lowest BCUT2D eigenvalue weighted by Crippen LogP contribution is -2.36. The van der Waals surface area contributed by atoms with E-state index in [0.29, 0.717) is 30.0 Å². The van der Waals surface area contributed by atoms with Gasteiger partial charge in [-0.25, -0.2) is 0 Å². The van der Waals surface area contributed by atoms with Crippen LogP contribution in [0.1, 0.15) is 55.3 Å². The van der Waals surface area contributed by atoms with Gasteiger partial charge in [-0.1, -0.05) is 74.4 Å². The molecule has 7 heteroatoms. The van der Waals surface area contributed by atoms with Crippen LogP contribution in [0.4, 0.5) is 5.69 Å². The van der Waals surface area contributed by atoms with Crippen LogP contribution in [0.25, 0.3) is 0 Å². The largest absolute Gasteiger partial charge is 0.489 e. The average molecular weight is 488 g/mol. The van der Waals surface area contributed by atoms with Gasteiger partial charge in [-0.05, 0) is 47.4 Å². The van der Waals surface area contributed by atoms with Crippen molar-refractivity contribution >= 4 is 23.4 Å². The molecule has 0 bridgehead atoms. The molecule has 3 amide bonds. The van der Waals surface area contributed by atoms with Crippen molar-refractivity contribution in [1.29, 1.82) is 0 Å². The number of primary amides is 1. The number of anilines is 1. The van der Waals surface area contributed by atoms with Crippen LogP contribution in [-0.2, 0) is 27.4 Å². The molecule has 3 rings (SSSR count). The molecular weight excluding hydrogens is 454 g/mol. The fourth-order valence-corrected chi connectivity index (χ4v) is 3.69. The molecule has 0 unspecified atom stereocenters. The Morgan fingerprint density at radius 3 is 2.19 bits per heavy atom. The lowest BCUT2D eigenvalue weighted by atomic mass is 10.0. The van der Waals surface area contributed by atoms with Gasteiger partial charge in [-0.2, -0.15) is 0 Å². The molecule has 0 saturated heterocycles. The number of amides is 3. The van der Waals surface area contributed by atoms with Gasteiger partial charge in [0.15, 0.2) is 0 Å². The Bertz CT molecular complexity index is 1130. The lowest BCUT2D eigenvalue weighted by Gasteiger charge is -2.20. The zero-order valence-electron chi connectivity index (χ0n) is 20.5. The first-order valence-electron chi connectivity index (χ1n) is 12.2. The molecule has 0 fully saturated rings. The number of unbranched alkanes of at least 4 members (excludes halogenated alkanes) is 2. The second-order valence-corrected chi connectivity index (χ2v) is 8.63. The Labute approximate surface area is 212 Å². The number of rotatable bonds is 13. The van der Waals surface area contributed by atoms with E-state index in [4.69, 9.17) is 10.5 Å². The Hall–Kier alpha value is -4.13. The van der Waals surface area contributed by atoms with Crippen molar-refractivity contribution in [3.63, 3.8) is 0 Å². The zero-order valence-corrected chi connectivity index (χ0v) is 20.5. The SMILES string of the molecule is CCCCCC(=O)N[C@H](C(=O)Nc1ccc(CC(N)=O)cc1)c1ccc(OCc2ccccc2)cc1. The molecule has 0 aliphatic carbocycles. The summed E-state index contributed by atoms with van der Waals surface area (Å²) in [5.41, 5.74) is 8.25. The predicted molar refractivity (Wildman–Crippen MR) is 140 cm³/mol. The molecule has 0 saturated carbocycles. The van der Waals surface area contributed by atoms with Crippen molar-refractivity contribution in [1.82, 2.24) is 5.32 Å². The van der Waals surface area contributed by atoms with Gasteiger partial charge in [0.2, 0.25) is 11.8 Å². The summed E-state index contributed by atoms with van der Waals surface area (Å²) >= 11 is 0. The first kappa shape index (κ1) is 26.5. The van der Waals surface area contributed by atoms with Crippen molar-refractivity contribution in [2.75, 3.05) is 5.32 Å². The van der Waals surface area contributed by atoms with E-state index in [1.807, 2.05) is 30.3 Å². The minimum atomic E-state index is -0.868.